The second-order valence-electron chi connectivity index (χ2n) is 6.93. The number of hydrogen-bond acceptors (Lipinski definition) is 4. The second-order valence-corrected chi connectivity index (χ2v) is 8.73. The van der Waals surface area contributed by atoms with E-state index >= 15 is 0 Å². The lowest BCUT2D eigenvalue weighted by molar-refractivity contribution is 0.0529. The molecule has 0 aromatic carbocycles. The van der Waals surface area contributed by atoms with E-state index in [9.17, 15) is 4.79 Å². The van der Waals surface area contributed by atoms with E-state index in [2.05, 4.69) is 34.4 Å². The molecule has 1 aliphatic rings. The van der Waals surface area contributed by atoms with Crippen LogP contribution >= 0.6 is 35.7 Å². The molecule has 0 spiro atoms. The fourth-order valence-corrected chi connectivity index (χ4v) is 3.29. The summed E-state index contributed by atoms with van der Waals surface area (Å²) in [5.74, 6) is 1.99. The first-order chi connectivity index (χ1) is 10.1. The fraction of sp³-hybridized carbons (Fsp3) is 0.867. The Morgan fingerprint density at radius 3 is 2.43 bits per heavy atom. The summed E-state index contributed by atoms with van der Waals surface area (Å²) in [6, 6.07) is 0. The van der Waals surface area contributed by atoms with E-state index in [0.29, 0.717) is 13.1 Å². The van der Waals surface area contributed by atoms with Gasteiger partial charge in [-0.05, 0) is 34.6 Å². The SMILES string of the molecule is CN=C(NCCNC(=O)OC(C)(C)C)N1CCSC(C)(C)C1.I. The summed E-state index contributed by atoms with van der Waals surface area (Å²) in [5, 5.41) is 6.03. The maximum Gasteiger partial charge on any atom is 0.407 e. The van der Waals surface area contributed by atoms with Gasteiger partial charge in [0, 0.05) is 43.7 Å². The van der Waals surface area contributed by atoms with Gasteiger partial charge in [0.25, 0.3) is 0 Å². The molecule has 0 saturated carbocycles. The Bertz CT molecular complexity index is 411. The van der Waals surface area contributed by atoms with Crippen LogP contribution in [0, 0.1) is 0 Å². The molecule has 0 aromatic heterocycles. The van der Waals surface area contributed by atoms with E-state index in [-0.39, 0.29) is 34.8 Å². The Kier molecular flexibility index (Phi) is 9.64. The maximum absolute atomic E-state index is 11.6. The average Bonchev–Trinajstić information content (AvgIpc) is 2.35. The smallest absolute Gasteiger partial charge is 0.407 e. The zero-order valence-corrected chi connectivity index (χ0v) is 18.2. The van der Waals surface area contributed by atoms with Gasteiger partial charge in [-0.3, -0.25) is 4.99 Å². The zero-order valence-electron chi connectivity index (χ0n) is 15.1. The summed E-state index contributed by atoms with van der Waals surface area (Å²) in [6.45, 7) is 13.1. The molecule has 1 fully saturated rings. The molecule has 0 atom stereocenters. The summed E-state index contributed by atoms with van der Waals surface area (Å²) in [6.07, 6.45) is -0.389. The van der Waals surface area contributed by atoms with Crippen molar-refractivity contribution >= 4 is 47.8 Å². The molecule has 0 aliphatic carbocycles. The Hall–Kier alpha value is -0.380. The van der Waals surface area contributed by atoms with Gasteiger partial charge in [0.1, 0.15) is 5.60 Å². The standard InChI is InChI=1S/C15H30N4O2S.HI/c1-14(2,3)21-13(20)18-8-7-17-12(16-6)19-9-10-22-15(4,5)11-19;/h7-11H2,1-6H3,(H,16,17)(H,18,20);1H. The molecule has 0 unspecified atom stereocenters. The normalized spacial score (nSPS) is 18.0. The minimum absolute atomic E-state index is 0. The van der Waals surface area contributed by atoms with Gasteiger partial charge in [-0.1, -0.05) is 0 Å². The number of ether oxygens (including phenoxy) is 1. The summed E-state index contributed by atoms with van der Waals surface area (Å²) in [5.41, 5.74) is -0.468. The van der Waals surface area contributed by atoms with Crippen LogP contribution in [-0.4, -0.2) is 66.3 Å². The highest BCUT2D eigenvalue weighted by Gasteiger charge is 2.28. The van der Waals surface area contributed by atoms with E-state index in [0.717, 1.165) is 24.8 Å². The van der Waals surface area contributed by atoms with E-state index in [1.807, 2.05) is 32.5 Å². The molecule has 6 nitrogen and oxygen atoms in total. The van der Waals surface area contributed by atoms with Crippen molar-refractivity contribution < 1.29 is 9.53 Å². The lowest BCUT2D eigenvalue weighted by Crippen LogP contribution is -2.52. The van der Waals surface area contributed by atoms with Gasteiger partial charge < -0.3 is 20.3 Å². The number of carbonyl (C=O) groups excluding carboxylic acids is 1. The number of hydrogen-bond donors (Lipinski definition) is 2. The molecule has 23 heavy (non-hydrogen) atoms. The van der Waals surface area contributed by atoms with Crippen LogP contribution in [0.25, 0.3) is 0 Å². The summed E-state index contributed by atoms with van der Waals surface area (Å²) in [4.78, 5) is 18.2. The van der Waals surface area contributed by atoms with Crippen molar-refractivity contribution in [2.45, 2.75) is 45.0 Å². The molecular formula is C15H31IN4O2S. The van der Waals surface area contributed by atoms with Gasteiger partial charge in [0.15, 0.2) is 5.96 Å². The first-order valence-electron chi connectivity index (χ1n) is 7.69. The van der Waals surface area contributed by atoms with Crippen molar-refractivity contribution in [3.8, 4) is 0 Å². The Morgan fingerprint density at radius 1 is 1.30 bits per heavy atom. The third kappa shape index (κ3) is 9.49. The summed E-state index contributed by atoms with van der Waals surface area (Å²) < 4.78 is 5.43. The third-order valence-electron chi connectivity index (χ3n) is 3.01. The van der Waals surface area contributed by atoms with Crippen molar-refractivity contribution in [3.63, 3.8) is 0 Å². The number of halogens is 1. The molecular weight excluding hydrogens is 427 g/mol. The minimum atomic E-state index is -0.468. The van der Waals surface area contributed by atoms with Crippen LogP contribution in [0.5, 0.6) is 0 Å². The number of thioether (sulfide) groups is 1. The number of aliphatic imine (C=N–C) groups is 1. The highest BCUT2D eigenvalue weighted by atomic mass is 127. The van der Waals surface area contributed by atoms with Gasteiger partial charge in [-0.2, -0.15) is 11.8 Å². The second kappa shape index (κ2) is 9.80. The Morgan fingerprint density at radius 2 is 1.91 bits per heavy atom. The van der Waals surface area contributed by atoms with E-state index in [1.165, 1.54) is 0 Å². The molecule has 1 saturated heterocycles. The number of guanidine groups is 1. The van der Waals surface area contributed by atoms with E-state index in [1.54, 1.807) is 7.05 Å². The van der Waals surface area contributed by atoms with Gasteiger partial charge >= 0.3 is 6.09 Å². The predicted octanol–water partition coefficient (Wildman–Crippen LogP) is 2.53. The van der Waals surface area contributed by atoms with Crippen molar-refractivity contribution in [2.24, 2.45) is 4.99 Å². The number of nitrogens with zero attached hydrogens (tertiary/aromatic N) is 2. The zero-order chi connectivity index (χ0) is 16.8. The van der Waals surface area contributed by atoms with Crippen LogP contribution in [-0.2, 0) is 4.74 Å². The van der Waals surface area contributed by atoms with Crippen LogP contribution in [0.15, 0.2) is 4.99 Å². The molecule has 0 aromatic rings. The summed E-state index contributed by atoms with van der Waals surface area (Å²) >= 11 is 1.99. The third-order valence-corrected chi connectivity index (χ3v) is 4.31. The number of nitrogens with one attached hydrogen (secondary N) is 2. The first kappa shape index (κ1) is 22.6. The van der Waals surface area contributed by atoms with E-state index in [4.69, 9.17) is 4.74 Å². The molecule has 1 amide bonds. The molecule has 1 rings (SSSR count). The van der Waals surface area contributed by atoms with Gasteiger partial charge in [-0.15, -0.1) is 24.0 Å². The van der Waals surface area contributed by atoms with Crippen molar-refractivity contribution in [2.75, 3.05) is 39.0 Å². The summed E-state index contributed by atoms with van der Waals surface area (Å²) in [7, 11) is 1.79. The first-order valence-corrected chi connectivity index (χ1v) is 8.68. The predicted molar refractivity (Wildman–Crippen MR) is 109 cm³/mol. The molecule has 136 valence electrons. The van der Waals surface area contributed by atoms with Crippen LogP contribution in [0.4, 0.5) is 4.79 Å². The van der Waals surface area contributed by atoms with Crippen LogP contribution in [0.3, 0.4) is 0 Å². The van der Waals surface area contributed by atoms with Crippen molar-refractivity contribution in [3.05, 3.63) is 0 Å². The molecule has 0 radical (unpaired) electrons. The number of alkyl carbamates (subject to hydrolysis) is 1. The quantitative estimate of drug-likeness (QED) is 0.295. The fourth-order valence-electron chi connectivity index (χ4n) is 2.18. The highest BCUT2D eigenvalue weighted by Crippen LogP contribution is 2.29. The maximum atomic E-state index is 11.6. The molecule has 2 N–H and O–H groups in total. The lowest BCUT2D eigenvalue weighted by Gasteiger charge is -2.39. The molecule has 1 aliphatic heterocycles. The van der Waals surface area contributed by atoms with Gasteiger partial charge in [-0.25, -0.2) is 4.79 Å². The van der Waals surface area contributed by atoms with E-state index < -0.39 is 5.60 Å². The lowest BCUT2D eigenvalue weighted by atomic mass is 10.2. The van der Waals surface area contributed by atoms with Crippen molar-refractivity contribution in [1.29, 1.82) is 0 Å². The topological polar surface area (TPSA) is 66.0 Å². The van der Waals surface area contributed by atoms with Crippen molar-refractivity contribution in [1.82, 2.24) is 15.5 Å². The molecule has 0 bridgehead atoms. The van der Waals surface area contributed by atoms with Crippen LogP contribution < -0.4 is 10.6 Å². The Balaban J connectivity index is 0.00000484. The average molecular weight is 458 g/mol. The number of rotatable bonds is 3. The van der Waals surface area contributed by atoms with Gasteiger partial charge in [0.05, 0.1) is 0 Å². The minimum Gasteiger partial charge on any atom is -0.444 e. The Labute approximate surface area is 161 Å². The monoisotopic (exact) mass is 458 g/mol. The molecule has 8 heteroatoms. The molecule has 1 heterocycles. The van der Waals surface area contributed by atoms with Crippen LogP contribution in [0.1, 0.15) is 34.6 Å². The highest BCUT2D eigenvalue weighted by molar-refractivity contribution is 14.0. The largest absolute Gasteiger partial charge is 0.444 e. The van der Waals surface area contributed by atoms with Crippen LogP contribution in [0.2, 0.25) is 0 Å². The number of carbonyl (C=O) groups is 1. The van der Waals surface area contributed by atoms with Gasteiger partial charge in [0.2, 0.25) is 0 Å². The number of amides is 1.